The Morgan fingerprint density at radius 3 is 2.24 bits per heavy atom. The van der Waals surface area contributed by atoms with Crippen LogP contribution in [0.5, 0.6) is 5.75 Å². The summed E-state index contributed by atoms with van der Waals surface area (Å²) in [5.74, 6) is 0.805. The van der Waals surface area contributed by atoms with E-state index in [-0.39, 0.29) is 5.41 Å². The molecule has 0 unspecified atom stereocenters. The van der Waals surface area contributed by atoms with Crippen molar-refractivity contribution in [1.82, 2.24) is 0 Å². The van der Waals surface area contributed by atoms with Crippen LogP contribution in [0.2, 0.25) is 0 Å². The van der Waals surface area contributed by atoms with Gasteiger partial charge in [-0.3, -0.25) is 0 Å². The number of hydrogen-bond donors (Lipinski definition) is 0. The topological polar surface area (TPSA) is 27.7 Å². The van der Waals surface area contributed by atoms with E-state index in [4.69, 9.17) is 13.6 Å². The quantitative estimate of drug-likeness (QED) is 0.755. The van der Waals surface area contributed by atoms with Gasteiger partial charge in [-0.25, -0.2) is 0 Å². The second kappa shape index (κ2) is 5.81. The maximum absolute atomic E-state index is 5.70. The zero-order chi connectivity index (χ0) is 12.1. The maximum atomic E-state index is 5.70. The van der Waals surface area contributed by atoms with Gasteiger partial charge < -0.3 is 13.6 Å². The van der Waals surface area contributed by atoms with E-state index in [1.807, 2.05) is 30.3 Å². The Hall–Kier alpha value is -0.630. The highest BCUT2D eigenvalue weighted by atomic mass is 31.2. The summed E-state index contributed by atoms with van der Waals surface area (Å²) >= 11 is 0. The van der Waals surface area contributed by atoms with Gasteiger partial charge >= 0.3 is 8.60 Å². The number of rotatable bonds is 4. The summed E-state index contributed by atoms with van der Waals surface area (Å²) in [6.07, 6.45) is 2.16. The smallest absolute Gasteiger partial charge is 0.397 e. The average Bonchev–Trinajstić information content (AvgIpc) is 2.41. The lowest BCUT2D eigenvalue weighted by Crippen LogP contribution is -2.34. The average molecular weight is 254 g/mol. The van der Waals surface area contributed by atoms with Crippen LogP contribution in [0.1, 0.15) is 26.7 Å². The fourth-order valence-corrected chi connectivity index (χ4v) is 2.97. The highest BCUT2D eigenvalue weighted by molar-refractivity contribution is 7.42. The molecule has 3 nitrogen and oxygen atoms in total. The molecule has 17 heavy (non-hydrogen) atoms. The fourth-order valence-electron chi connectivity index (χ4n) is 1.74. The van der Waals surface area contributed by atoms with Crippen molar-refractivity contribution in [3.63, 3.8) is 0 Å². The van der Waals surface area contributed by atoms with Crippen LogP contribution in [0.15, 0.2) is 30.3 Å². The predicted molar refractivity (Wildman–Crippen MR) is 68.9 cm³/mol. The maximum Gasteiger partial charge on any atom is 0.397 e. The largest absolute Gasteiger partial charge is 0.427 e. The zero-order valence-corrected chi connectivity index (χ0v) is 11.3. The zero-order valence-electron chi connectivity index (χ0n) is 10.4. The molecule has 0 spiro atoms. The second-order valence-electron chi connectivity index (χ2n) is 4.38. The molecule has 1 fully saturated rings. The van der Waals surface area contributed by atoms with E-state index in [9.17, 15) is 0 Å². The molecule has 0 N–H and O–H groups in total. The minimum atomic E-state index is -1.22. The minimum Gasteiger partial charge on any atom is -0.427 e. The first-order valence-corrected chi connectivity index (χ1v) is 7.16. The monoisotopic (exact) mass is 254 g/mol. The van der Waals surface area contributed by atoms with Gasteiger partial charge in [0.05, 0.1) is 13.2 Å². The second-order valence-corrected chi connectivity index (χ2v) is 5.53. The van der Waals surface area contributed by atoms with E-state index in [0.717, 1.165) is 31.8 Å². The van der Waals surface area contributed by atoms with E-state index in [1.165, 1.54) is 0 Å². The first kappa shape index (κ1) is 12.8. The SMILES string of the molecule is CCC1(CC)COP(Oc2ccccc2)OC1. The molecule has 0 radical (unpaired) electrons. The first-order valence-electron chi connectivity index (χ1n) is 6.07. The molecule has 0 amide bonds. The molecule has 0 bridgehead atoms. The summed E-state index contributed by atoms with van der Waals surface area (Å²) < 4.78 is 17.1. The van der Waals surface area contributed by atoms with Crippen LogP contribution in [0.25, 0.3) is 0 Å². The number of hydrogen-bond acceptors (Lipinski definition) is 3. The van der Waals surface area contributed by atoms with Gasteiger partial charge in [0, 0.05) is 5.41 Å². The molecule has 1 aliphatic heterocycles. The van der Waals surface area contributed by atoms with Crippen molar-refractivity contribution in [1.29, 1.82) is 0 Å². The van der Waals surface area contributed by atoms with E-state index in [2.05, 4.69) is 13.8 Å². The number of benzene rings is 1. The highest BCUT2D eigenvalue weighted by Gasteiger charge is 2.36. The normalized spacial score (nSPS) is 20.1. The van der Waals surface area contributed by atoms with Crippen LogP contribution in [-0.2, 0) is 9.05 Å². The summed E-state index contributed by atoms with van der Waals surface area (Å²) in [6.45, 7) is 5.83. The molecule has 4 heteroatoms. The first-order chi connectivity index (χ1) is 8.28. The summed E-state index contributed by atoms with van der Waals surface area (Å²) in [5.41, 5.74) is 0.179. The van der Waals surface area contributed by atoms with Crippen LogP contribution < -0.4 is 4.52 Å². The Bertz CT molecular complexity index is 328. The standard InChI is InChI=1S/C13H19O3P/c1-3-13(4-2)10-14-17(15-11-13)16-12-8-6-5-7-9-12/h5-9H,3-4,10-11H2,1-2H3. The third kappa shape index (κ3) is 3.19. The number of para-hydroxylation sites is 1. The Balaban J connectivity index is 1.87. The van der Waals surface area contributed by atoms with Crippen molar-refractivity contribution in [2.24, 2.45) is 5.41 Å². The molecular formula is C13H19O3P. The molecular weight excluding hydrogens is 235 g/mol. The molecule has 2 rings (SSSR count). The van der Waals surface area contributed by atoms with E-state index in [1.54, 1.807) is 0 Å². The summed E-state index contributed by atoms with van der Waals surface area (Å²) in [6, 6.07) is 9.67. The van der Waals surface area contributed by atoms with Gasteiger partial charge in [0.25, 0.3) is 0 Å². The molecule has 94 valence electrons. The van der Waals surface area contributed by atoms with Crippen LogP contribution in [0.3, 0.4) is 0 Å². The van der Waals surface area contributed by atoms with Crippen LogP contribution in [0, 0.1) is 5.41 Å². The Labute approximate surface area is 104 Å². The summed E-state index contributed by atoms with van der Waals surface area (Å²) in [7, 11) is -1.22. The molecule has 0 saturated carbocycles. The minimum absolute atomic E-state index is 0.179. The van der Waals surface area contributed by atoms with Crippen molar-refractivity contribution < 1.29 is 13.6 Å². The van der Waals surface area contributed by atoms with Gasteiger partial charge in [-0.2, -0.15) is 0 Å². The van der Waals surface area contributed by atoms with Crippen molar-refractivity contribution in [3.8, 4) is 5.75 Å². The Morgan fingerprint density at radius 1 is 1.12 bits per heavy atom. The molecule has 1 saturated heterocycles. The van der Waals surface area contributed by atoms with Crippen LogP contribution in [-0.4, -0.2) is 13.2 Å². The van der Waals surface area contributed by atoms with Crippen LogP contribution in [0.4, 0.5) is 0 Å². The van der Waals surface area contributed by atoms with Crippen LogP contribution >= 0.6 is 8.60 Å². The molecule has 1 aliphatic rings. The highest BCUT2D eigenvalue weighted by Crippen LogP contribution is 2.48. The lowest BCUT2D eigenvalue weighted by atomic mass is 9.84. The van der Waals surface area contributed by atoms with Crippen molar-refractivity contribution in [2.75, 3.05) is 13.2 Å². The van der Waals surface area contributed by atoms with Crippen molar-refractivity contribution >= 4 is 8.60 Å². The third-order valence-corrected chi connectivity index (χ3v) is 4.42. The van der Waals surface area contributed by atoms with Gasteiger partial charge in [0.15, 0.2) is 0 Å². The lowest BCUT2D eigenvalue weighted by molar-refractivity contribution is 0.0127. The molecule has 1 aromatic carbocycles. The predicted octanol–water partition coefficient (Wildman–Crippen LogP) is 4.15. The van der Waals surface area contributed by atoms with Gasteiger partial charge in [0.1, 0.15) is 5.75 Å². The van der Waals surface area contributed by atoms with Crippen molar-refractivity contribution in [3.05, 3.63) is 30.3 Å². The Morgan fingerprint density at radius 2 is 1.71 bits per heavy atom. The summed E-state index contributed by atoms with van der Waals surface area (Å²) in [5, 5.41) is 0. The Kier molecular flexibility index (Phi) is 4.38. The van der Waals surface area contributed by atoms with Gasteiger partial charge in [-0.15, -0.1) is 0 Å². The molecule has 0 atom stereocenters. The van der Waals surface area contributed by atoms with Gasteiger partial charge in [0.2, 0.25) is 0 Å². The molecule has 0 aromatic heterocycles. The van der Waals surface area contributed by atoms with E-state index < -0.39 is 8.60 Å². The van der Waals surface area contributed by atoms with Crippen molar-refractivity contribution in [2.45, 2.75) is 26.7 Å². The van der Waals surface area contributed by atoms with Gasteiger partial charge in [-0.1, -0.05) is 32.0 Å². The van der Waals surface area contributed by atoms with Gasteiger partial charge in [-0.05, 0) is 25.0 Å². The van der Waals surface area contributed by atoms with E-state index >= 15 is 0 Å². The molecule has 0 aliphatic carbocycles. The summed E-state index contributed by atoms with van der Waals surface area (Å²) in [4.78, 5) is 0. The lowest BCUT2D eigenvalue weighted by Gasteiger charge is -2.37. The molecule has 1 aromatic rings. The van der Waals surface area contributed by atoms with E-state index in [0.29, 0.717) is 0 Å². The molecule has 1 heterocycles. The third-order valence-electron chi connectivity index (χ3n) is 3.38. The fraction of sp³-hybridized carbons (Fsp3) is 0.538.